The van der Waals surface area contributed by atoms with E-state index < -0.39 is 11.0 Å². The second-order valence-corrected chi connectivity index (χ2v) is 9.14. The number of phenols is 1. The van der Waals surface area contributed by atoms with Crippen LogP contribution in [0.4, 0.5) is 5.69 Å². The van der Waals surface area contributed by atoms with E-state index in [0.717, 1.165) is 28.8 Å². The molecule has 2 aromatic carbocycles. The van der Waals surface area contributed by atoms with Gasteiger partial charge in [-0.1, -0.05) is 19.1 Å². The monoisotopic (exact) mass is 401 g/mol. The van der Waals surface area contributed by atoms with Gasteiger partial charge in [-0.2, -0.15) is 5.26 Å². The van der Waals surface area contributed by atoms with Gasteiger partial charge in [-0.3, -0.25) is 4.79 Å². The number of nitrogens with zero attached hydrogens (tertiary/aromatic N) is 2. The van der Waals surface area contributed by atoms with Crippen LogP contribution in [-0.2, 0) is 10.2 Å². The summed E-state index contributed by atoms with van der Waals surface area (Å²) in [5.74, 6) is 0.261. The van der Waals surface area contributed by atoms with E-state index in [1.165, 1.54) is 12.1 Å². The zero-order valence-corrected chi connectivity index (χ0v) is 17.4. The summed E-state index contributed by atoms with van der Waals surface area (Å²) in [6, 6.07) is 10.9. The lowest BCUT2D eigenvalue weighted by molar-refractivity contribution is -0.122. The summed E-state index contributed by atoms with van der Waals surface area (Å²) in [7, 11) is 0. The summed E-state index contributed by atoms with van der Waals surface area (Å²) in [5.41, 5.74) is 8.69. The van der Waals surface area contributed by atoms with E-state index in [1.54, 1.807) is 6.07 Å². The van der Waals surface area contributed by atoms with Crippen molar-refractivity contribution in [2.24, 2.45) is 5.73 Å². The van der Waals surface area contributed by atoms with Gasteiger partial charge >= 0.3 is 0 Å². The van der Waals surface area contributed by atoms with Crippen molar-refractivity contribution < 1.29 is 14.6 Å². The highest BCUT2D eigenvalue weighted by Gasteiger charge is 2.63. The molecule has 0 unspecified atom stereocenters. The van der Waals surface area contributed by atoms with Crippen molar-refractivity contribution in [2.45, 2.75) is 51.0 Å². The molecule has 152 valence electrons. The number of nitriles is 1. The Bertz CT molecular complexity index is 1220. The third kappa shape index (κ3) is 1.95. The number of amides is 1. The van der Waals surface area contributed by atoms with E-state index in [4.69, 9.17) is 10.5 Å². The third-order valence-corrected chi connectivity index (χ3v) is 6.80. The first-order valence-corrected chi connectivity index (χ1v) is 10.0. The smallest absolute Gasteiger partial charge is 0.248 e. The number of anilines is 1. The van der Waals surface area contributed by atoms with Gasteiger partial charge in [0.15, 0.2) is 0 Å². The second kappa shape index (κ2) is 5.57. The fraction of sp³-hybridized carbons (Fsp3) is 0.333. The molecule has 3 aliphatic rings. The van der Waals surface area contributed by atoms with Crippen LogP contribution in [0.1, 0.15) is 55.4 Å². The van der Waals surface area contributed by atoms with Crippen LogP contribution in [-0.4, -0.2) is 16.6 Å². The topological polar surface area (TPSA) is 99.6 Å². The molecular weight excluding hydrogens is 378 g/mol. The third-order valence-electron chi connectivity index (χ3n) is 6.80. The number of ether oxygens (including phenoxy) is 1. The summed E-state index contributed by atoms with van der Waals surface area (Å²) >= 11 is 0. The number of nitrogens with two attached hydrogens (primary N) is 1. The standard InChI is InChI=1S/C24H23N3O3/c1-12-5-7-15-13(2)10-23(3,4)27-20(15)19(12)24(22(27)29)16-8-6-14(28)9-18(16)30-21(26)17(24)11-25/h5-9,13,28H,10,26H2,1-4H3/t13-,24-/m1/s1. The lowest BCUT2D eigenvalue weighted by Crippen LogP contribution is -2.54. The van der Waals surface area contributed by atoms with Crippen molar-refractivity contribution in [2.75, 3.05) is 4.90 Å². The number of rotatable bonds is 0. The van der Waals surface area contributed by atoms with Gasteiger partial charge in [0.1, 0.15) is 28.6 Å². The molecule has 0 bridgehead atoms. The average Bonchev–Trinajstić information content (AvgIpc) is 2.92. The van der Waals surface area contributed by atoms with Crippen LogP contribution in [0, 0.1) is 18.3 Å². The minimum Gasteiger partial charge on any atom is -0.508 e. The van der Waals surface area contributed by atoms with E-state index in [1.807, 2.05) is 17.9 Å². The average molecular weight is 401 g/mol. The number of carbonyl (C=O) groups is 1. The van der Waals surface area contributed by atoms with Crippen LogP contribution in [0.2, 0.25) is 0 Å². The second-order valence-electron chi connectivity index (χ2n) is 9.14. The lowest BCUT2D eigenvalue weighted by atomic mass is 9.67. The van der Waals surface area contributed by atoms with E-state index in [9.17, 15) is 15.2 Å². The Kier molecular flexibility index (Phi) is 3.45. The van der Waals surface area contributed by atoms with Crippen LogP contribution in [0.25, 0.3) is 0 Å². The number of hydrogen-bond donors (Lipinski definition) is 2. The van der Waals surface area contributed by atoms with Gasteiger partial charge in [0, 0.05) is 22.7 Å². The Labute approximate surface area is 175 Å². The van der Waals surface area contributed by atoms with Crippen molar-refractivity contribution in [3.8, 4) is 17.6 Å². The zero-order chi connectivity index (χ0) is 21.6. The Hall–Kier alpha value is -3.46. The predicted octanol–water partition coefficient (Wildman–Crippen LogP) is 3.71. The molecule has 3 N–H and O–H groups in total. The van der Waals surface area contributed by atoms with E-state index >= 15 is 0 Å². The normalized spacial score (nSPS) is 25.6. The number of carbonyl (C=O) groups excluding carboxylic acids is 1. The largest absolute Gasteiger partial charge is 0.508 e. The van der Waals surface area contributed by atoms with E-state index in [0.29, 0.717) is 11.3 Å². The minimum absolute atomic E-state index is 0.00312. The number of phenolic OH excluding ortho intramolecular Hbond substituents is 1. The number of aromatic hydroxyl groups is 1. The van der Waals surface area contributed by atoms with Gasteiger partial charge < -0.3 is 20.5 Å². The molecular formula is C24H23N3O3. The Morgan fingerprint density at radius 3 is 2.73 bits per heavy atom. The first-order chi connectivity index (χ1) is 14.1. The first-order valence-electron chi connectivity index (χ1n) is 10.0. The van der Waals surface area contributed by atoms with Gasteiger partial charge in [0.2, 0.25) is 11.8 Å². The number of benzene rings is 2. The van der Waals surface area contributed by atoms with Crippen LogP contribution in [0.3, 0.4) is 0 Å². The number of fused-ring (bicyclic) bond motifs is 3. The van der Waals surface area contributed by atoms with Crippen molar-refractivity contribution in [1.82, 2.24) is 0 Å². The molecule has 1 spiro atoms. The van der Waals surface area contributed by atoms with Crippen molar-refractivity contribution in [3.05, 3.63) is 64.0 Å². The Balaban J connectivity index is 1.99. The Morgan fingerprint density at radius 2 is 2.03 bits per heavy atom. The quantitative estimate of drug-likeness (QED) is 0.701. The van der Waals surface area contributed by atoms with Crippen LogP contribution in [0.5, 0.6) is 11.5 Å². The molecule has 0 saturated carbocycles. The summed E-state index contributed by atoms with van der Waals surface area (Å²) < 4.78 is 5.70. The zero-order valence-electron chi connectivity index (χ0n) is 17.4. The van der Waals surface area contributed by atoms with E-state index in [-0.39, 0.29) is 29.0 Å². The number of aryl methyl sites for hydroxylation is 1. The lowest BCUT2D eigenvalue weighted by Gasteiger charge is -2.44. The van der Waals surface area contributed by atoms with Crippen molar-refractivity contribution in [1.29, 1.82) is 5.26 Å². The molecule has 0 radical (unpaired) electrons. The maximum absolute atomic E-state index is 14.4. The van der Waals surface area contributed by atoms with Gasteiger partial charge in [-0.15, -0.1) is 0 Å². The Morgan fingerprint density at radius 1 is 1.30 bits per heavy atom. The van der Waals surface area contributed by atoms with Gasteiger partial charge in [-0.25, -0.2) is 0 Å². The minimum atomic E-state index is -1.39. The molecule has 0 fully saturated rings. The summed E-state index contributed by atoms with van der Waals surface area (Å²) in [6.45, 7) is 8.25. The molecule has 0 saturated heterocycles. The number of hydrogen-bond acceptors (Lipinski definition) is 5. The van der Waals surface area contributed by atoms with Crippen molar-refractivity contribution >= 4 is 11.6 Å². The molecule has 2 aromatic rings. The molecule has 3 aliphatic heterocycles. The first kappa shape index (κ1) is 18.6. The molecule has 5 rings (SSSR count). The van der Waals surface area contributed by atoms with E-state index in [2.05, 4.69) is 32.9 Å². The maximum atomic E-state index is 14.4. The van der Waals surface area contributed by atoms with Crippen molar-refractivity contribution in [3.63, 3.8) is 0 Å². The van der Waals surface area contributed by atoms with Gasteiger partial charge in [0.05, 0.1) is 5.69 Å². The molecule has 1 amide bonds. The highest BCUT2D eigenvalue weighted by Crippen LogP contribution is 2.61. The predicted molar refractivity (Wildman–Crippen MR) is 112 cm³/mol. The van der Waals surface area contributed by atoms with Crippen LogP contribution in [0.15, 0.2) is 41.8 Å². The molecule has 0 aromatic heterocycles. The fourth-order valence-corrected chi connectivity index (χ4v) is 5.74. The highest BCUT2D eigenvalue weighted by molar-refractivity contribution is 6.16. The van der Waals surface area contributed by atoms with Gasteiger partial charge in [-0.05, 0) is 56.4 Å². The summed E-state index contributed by atoms with van der Waals surface area (Å²) in [4.78, 5) is 16.2. The molecule has 6 heteroatoms. The highest BCUT2D eigenvalue weighted by atomic mass is 16.5. The summed E-state index contributed by atoms with van der Waals surface area (Å²) in [5, 5.41) is 20.2. The van der Waals surface area contributed by atoms with Crippen LogP contribution >= 0.6 is 0 Å². The molecule has 0 aliphatic carbocycles. The molecule has 30 heavy (non-hydrogen) atoms. The molecule has 3 heterocycles. The SMILES string of the molecule is Cc1ccc2c3c1[C@]1(C(=O)N3C(C)(C)C[C@H]2C)C(C#N)=C(N)Oc2cc(O)ccc21. The van der Waals surface area contributed by atoms with Crippen LogP contribution < -0.4 is 15.4 Å². The molecule has 6 nitrogen and oxygen atoms in total. The molecule has 2 atom stereocenters. The van der Waals surface area contributed by atoms with Gasteiger partial charge in [0.25, 0.3) is 0 Å². The summed E-state index contributed by atoms with van der Waals surface area (Å²) in [6.07, 6.45) is 0.810. The maximum Gasteiger partial charge on any atom is 0.248 e. The fourth-order valence-electron chi connectivity index (χ4n) is 5.74.